The highest BCUT2D eigenvalue weighted by atomic mass is 35.5. The Bertz CT molecular complexity index is 340. The van der Waals surface area contributed by atoms with Crippen molar-refractivity contribution in [1.82, 2.24) is 0 Å². The Kier molecular flexibility index (Phi) is 1.98. The quantitative estimate of drug-likeness (QED) is 0.695. The van der Waals surface area contributed by atoms with Crippen molar-refractivity contribution in [3.63, 3.8) is 0 Å². The first-order valence-electron chi connectivity index (χ1n) is 3.48. The molecule has 2 nitrogen and oxygen atoms in total. The molecule has 0 bridgehead atoms. The Balaban J connectivity index is 2.43. The van der Waals surface area contributed by atoms with Gasteiger partial charge in [-0.1, -0.05) is 11.6 Å². The Morgan fingerprint density at radius 1 is 1.50 bits per heavy atom. The van der Waals surface area contributed by atoms with Gasteiger partial charge in [-0.25, -0.2) is 0 Å². The summed E-state index contributed by atoms with van der Waals surface area (Å²) in [5.74, 6) is 0.530. The Morgan fingerprint density at radius 2 is 2.33 bits per heavy atom. The van der Waals surface area contributed by atoms with E-state index in [-0.39, 0.29) is 5.91 Å². The summed E-state index contributed by atoms with van der Waals surface area (Å²) in [5.41, 5.74) is 0.862. The molecule has 12 heavy (non-hydrogen) atoms. The van der Waals surface area contributed by atoms with Crippen LogP contribution in [0.5, 0.6) is 0 Å². The van der Waals surface area contributed by atoms with Gasteiger partial charge in [0.05, 0.1) is 11.4 Å². The number of hydrogen-bond acceptors (Lipinski definition) is 2. The number of nitrogens with one attached hydrogen (secondary N) is 1. The van der Waals surface area contributed by atoms with Crippen molar-refractivity contribution in [2.45, 2.75) is 4.90 Å². The van der Waals surface area contributed by atoms with Gasteiger partial charge in [0.2, 0.25) is 5.91 Å². The Labute approximate surface area is 79.3 Å². The molecule has 0 fully saturated rings. The highest BCUT2D eigenvalue weighted by Crippen LogP contribution is 2.33. The number of anilines is 1. The van der Waals surface area contributed by atoms with Crippen molar-refractivity contribution in [1.29, 1.82) is 0 Å². The van der Waals surface area contributed by atoms with E-state index in [0.29, 0.717) is 10.8 Å². The third-order valence-corrected chi connectivity index (χ3v) is 2.87. The second-order valence-electron chi connectivity index (χ2n) is 2.48. The lowest BCUT2D eigenvalue weighted by molar-refractivity contribution is -0.113. The van der Waals surface area contributed by atoms with E-state index in [1.165, 1.54) is 11.8 Å². The number of rotatable bonds is 0. The number of fused-ring (bicyclic) bond motifs is 1. The average Bonchev–Trinajstić information content (AvgIpc) is 2.05. The van der Waals surface area contributed by atoms with E-state index >= 15 is 0 Å². The molecular weight excluding hydrogens is 194 g/mol. The summed E-state index contributed by atoms with van der Waals surface area (Å²) < 4.78 is 0. The Hall–Kier alpha value is -0.670. The maximum absolute atomic E-state index is 10.9. The van der Waals surface area contributed by atoms with Crippen LogP contribution in [-0.2, 0) is 4.79 Å². The standard InChI is InChI=1S/C8H6ClNOS/c9-5-1-2-6-7(3-5)12-4-8(11)10-6/h1-3H,4H2,(H,10,11). The number of hydrogen-bond donors (Lipinski definition) is 1. The van der Waals surface area contributed by atoms with E-state index in [0.717, 1.165) is 10.6 Å². The first-order valence-corrected chi connectivity index (χ1v) is 4.84. The van der Waals surface area contributed by atoms with Crippen LogP contribution < -0.4 is 5.32 Å². The van der Waals surface area contributed by atoms with Crippen LogP contribution in [0.4, 0.5) is 5.69 Å². The zero-order valence-corrected chi connectivity index (χ0v) is 7.71. The van der Waals surface area contributed by atoms with E-state index in [1.807, 2.05) is 12.1 Å². The largest absolute Gasteiger partial charge is 0.324 e. The fraction of sp³-hybridized carbons (Fsp3) is 0.125. The van der Waals surface area contributed by atoms with Crippen LogP contribution in [0, 0.1) is 0 Å². The van der Waals surface area contributed by atoms with Gasteiger partial charge in [-0.05, 0) is 18.2 Å². The fourth-order valence-corrected chi connectivity index (χ4v) is 2.13. The number of carbonyl (C=O) groups excluding carboxylic acids is 1. The minimum Gasteiger partial charge on any atom is -0.324 e. The van der Waals surface area contributed by atoms with Gasteiger partial charge in [-0.3, -0.25) is 4.79 Å². The van der Waals surface area contributed by atoms with Crippen LogP contribution in [0.1, 0.15) is 0 Å². The molecule has 0 unspecified atom stereocenters. The predicted octanol–water partition coefficient (Wildman–Crippen LogP) is 2.38. The summed E-state index contributed by atoms with van der Waals surface area (Å²) in [6.45, 7) is 0. The topological polar surface area (TPSA) is 29.1 Å². The zero-order valence-electron chi connectivity index (χ0n) is 6.13. The summed E-state index contributed by atoms with van der Waals surface area (Å²) in [6.07, 6.45) is 0. The van der Waals surface area contributed by atoms with Gasteiger partial charge in [-0.2, -0.15) is 0 Å². The van der Waals surface area contributed by atoms with Crippen molar-refractivity contribution in [3.8, 4) is 0 Å². The summed E-state index contributed by atoms with van der Waals surface area (Å²) in [7, 11) is 0. The molecule has 0 spiro atoms. The molecule has 0 radical (unpaired) electrons. The summed E-state index contributed by atoms with van der Waals surface area (Å²) in [6, 6.07) is 5.45. The van der Waals surface area contributed by atoms with Crippen molar-refractivity contribution in [3.05, 3.63) is 23.2 Å². The smallest absolute Gasteiger partial charge is 0.234 e. The molecule has 2 rings (SSSR count). The van der Waals surface area contributed by atoms with Gasteiger partial charge in [0.15, 0.2) is 0 Å². The van der Waals surface area contributed by atoms with Crippen LogP contribution in [-0.4, -0.2) is 11.7 Å². The summed E-state index contributed by atoms with van der Waals surface area (Å²) in [5, 5.41) is 3.47. The Morgan fingerprint density at radius 3 is 3.17 bits per heavy atom. The van der Waals surface area contributed by atoms with Gasteiger partial charge < -0.3 is 5.32 Å². The van der Waals surface area contributed by atoms with Gasteiger partial charge in [0, 0.05) is 9.92 Å². The van der Waals surface area contributed by atoms with Gasteiger partial charge in [0.1, 0.15) is 0 Å². The molecule has 62 valence electrons. The van der Waals surface area contributed by atoms with Crippen LogP contribution in [0.3, 0.4) is 0 Å². The molecule has 0 saturated carbocycles. The van der Waals surface area contributed by atoms with E-state index in [4.69, 9.17) is 11.6 Å². The van der Waals surface area contributed by atoms with Crippen molar-refractivity contribution >= 4 is 35.0 Å². The zero-order chi connectivity index (χ0) is 8.55. The van der Waals surface area contributed by atoms with Crippen LogP contribution in [0.25, 0.3) is 0 Å². The van der Waals surface area contributed by atoms with Crippen molar-refractivity contribution < 1.29 is 4.79 Å². The van der Waals surface area contributed by atoms with E-state index in [9.17, 15) is 4.79 Å². The number of benzene rings is 1. The monoisotopic (exact) mass is 199 g/mol. The molecule has 1 amide bonds. The number of halogens is 1. The fourth-order valence-electron chi connectivity index (χ4n) is 1.05. The third kappa shape index (κ3) is 1.42. The molecule has 0 aromatic heterocycles. The van der Waals surface area contributed by atoms with Gasteiger partial charge >= 0.3 is 0 Å². The average molecular weight is 200 g/mol. The maximum Gasteiger partial charge on any atom is 0.234 e. The number of carbonyl (C=O) groups is 1. The van der Waals surface area contributed by atoms with Crippen molar-refractivity contribution in [2.75, 3.05) is 11.1 Å². The molecule has 1 heterocycles. The number of thioether (sulfide) groups is 1. The van der Waals surface area contributed by atoms with Crippen LogP contribution in [0.2, 0.25) is 5.02 Å². The summed E-state index contributed by atoms with van der Waals surface area (Å²) >= 11 is 7.30. The maximum atomic E-state index is 10.9. The molecule has 4 heteroatoms. The molecule has 1 aliphatic rings. The minimum atomic E-state index is 0.0508. The summed E-state index contributed by atoms with van der Waals surface area (Å²) in [4.78, 5) is 12.0. The van der Waals surface area contributed by atoms with E-state index in [1.54, 1.807) is 6.07 Å². The third-order valence-electron chi connectivity index (χ3n) is 1.58. The lowest BCUT2D eigenvalue weighted by atomic mass is 10.3. The molecule has 1 aromatic carbocycles. The second-order valence-corrected chi connectivity index (χ2v) is 3.93. The van der Waals surface area contributed by atoms with E-state index in [2.05, 4.69) is 5.32 Å². The second kappa shape index (κ2) is 2.99. The lowest BCUT2D eigenvalue weighted by Crippen LogP contribution is -2.18. The molecule has 1 N–H and O–H groups in total. The van der Waals surface area contributed by atoms with Crippen LogP contribution >= 0.6 is 23.4 Å². The highest BCUT2D eigenvalue weighted by Gasteiger charge is 2.14. The molecular formula is C8H6ClNOS. The van der Waals surface area contributed by atoms with Gasteiger partial charge in [0.25, 0.3) is 0 Å². The minimum absolute atomic E-state index is 0.0508. The molecule has 1 aromatic rings. The number of amides is 1. The molecule has 0 saturated heterocycles. The highest BCUT2D eigenvalue weighted by molar-refractivity contribution is 8.00. The predicted molar refractivity (Wildman–Crippen MR) is 50.8 cm³/mol. The first kappa shape index (κ1) is 7.95. The molecule has 0 aliphatic carbocycles. The SMILES string of the molecule is O=C1CSc2cc(Cl)ccc2N1. The van der Waals surface area contributed by atoms with Crippen molar-refractivity contribution in [2.24, 2.45) is 0 Å². The molecule has 1 aliphatic heterocycles. The normalized spacial score (nSPS) is 15.2. The molecule has 0 atom stereocenters. The first-order chi connectivity index (χ1) is 5.75. The van der Waals surface area contributed by atoms with Gasteiger partial charge in [-0.15, -0.1) is 11.8 Å². The van der Waals surface area contributed by atoms with E-state index < -0.39 is 0 Å². The van der Waals surface area contributed by atoms with Crippen LogP contribution in [0.15, 0.2) is 23.1 Å². The lowest BCUT2D eigenvalue weighted by Gasteiger charge is -2.15.